The molecule has 1 atom stereocenters. The standard InChI is InChI=1S/C17H13ClF3N5OS/c1-26-16(23-24-25-26)28-14(10-5-3-2-4-6-10)15(27)22-13-9-11(17(19,20)21)7-8-12(13)18/h2-9,14H,1H3,(H,22,27). The third-order valence-corrected chi connectivity index (χ3v) is 5.30. The van der Waals surface area contributed by atoms with Gasteiger partial charge >= 0.3 is 6.18 Å². The molecule has 0 aliphatic heterocycles. The summed E-state index contributed by atoms with van der Waals surface area (Å²) in [6.07, 6.45) is -4.55. The highest BCUT2D eigenvalue weighted by atomic mass is 35.5. The van der Waals surface area contributed by atoms with Crippen molar-refractivity contribution in [3.63, 3.8) is 0 Å². The molecular formula is C17H13ClF3N5OS. The van der Waals surface area contributed by atoms with Crippen LogP contribution in [0.25, 0.3) is 0 Å². The number of anilines is 1. The van der Waals surface area contributed by atoms with Crippen molar-refractivity contribution in [1.29, 1.82) is 0 Å². The number of carbonyl (C=O) groups is 1. The summed E-state index contributed by atoms with van der Waals surface area (Å²) in [6, 6.07) is 11.5. The molecule has 1 N–H and O–H groups in total. The second-order valence-electron chi connectivity index (χ2n) is 5.68. The van der Waals surface area contributed by atoms with Crippen molar-refractivity contribution in [1.82, 2.24) is 20.2 Å². The van der Waals surface area contributed by atoms with Gasteiger partial charge < -0.3 is 5.32 Å². The lowest BCUT2D eigenvalue weighted by molar-refractivity contribution is -0.137. The van der Waals surface area contributed by atoms with Gasteiger partial charge in [0.25, 0.3) is 0 Å². The van der Waals surface area contributed by atoms with Gasteiger partial charge in [-0.05, 0) is 34.2 Å². The van der Waals surface area contributed by atoms with E-state index in [1.54, 1.807) is 37.4 Å². The summed E-state index contributed by atoms with van der Waals surface area (Å²) in [7, 11) is 1.62. The zero-order valence-corrected chi connectivity index (χ0v) is 15.9. The predicted molar refractivity (Wildman–Crippen MR) is 98.9 cm³/mol. The lowest BCUT2D eigenvalue weighted by Crippen LogP contribution is -2.20. The van der Waals surface area contributed by atoms with Gasteiger partial charge in [0.1, 0.15) is 5.25 Å². The monoisotopic (exact) mass is 427 g/mol. The Morgan fingerprint density at radius 3 is 2.54 bits per heavy atom. The molecule has 1 unspecified atom stereocenters. The first-order chi connectivity index (χ1) is 13.3. The second kappa shape index (κ2) is 8.19. The zero-order valence-electron chi connectivity index (χ0n) is 14.3. The summed E-state index contributed by atoms with van der Waals surface area (Å²) in [5.41, 5.74) is -0.399. The number of tetrazole rings is 1. The van der Waals surface area contributed by atoms with Gasteiger partial charge in [0.2, 0.25) is 11.1 Å². The van der Waals surface area contributed by atoms with Gasteiger partial charge in [-0.2, -0.15) is 13.2 Å². The van der Waals surface area contributed by atoms with Crippen LogP contribution in [0.2, 0.25) is 5.02 Å². The number of aryl methyl sites for hydroxylation is 1. The normalized spacial score (nSPS) is 12.6. The Hall–Kier alpha value is -2.59. The highest BCUT2D eigenvalue weighted by molar-refractivity contribution is 8.00. The fraction of sp³-hybridized carbons (Fsp3) is 0.176. The topological polar surface area (TPSA) is 72.7 Å². The zero-order chi connectivity index (χ0) is 20.3. The fourth-order valence-corrected chi connectivity index (χ4v) is 3.43. The molecule has 28 heavy (non-hydrogen) atoms. The van der Waals surface area contributed by atoms with E-state index < -0.39 is 22.9 Å². The van der Waals surface area contributed by atoms with Crippen LogP contribution in [0.1, 0.15) is 16.4 Å². The highest BCUT2D eigenvalue weighted by Gasteiger charge is 2.32. The minimum atomic E-state index is -4.55. The van der Waals surface area contributed by atoms with Crippen LogP contribution in [-0.2, 0) is 18.0 Å². The molecule has 3 rings (SSSR count). The Labute approximate surface area is 167 Å². The molecule has 2 aromatic carbocycles. The molecule has 0 aliphatic carbocycles. The quantitative estimate of drug-likeness (QED) is 0.613. The smallest absolute Gasteiger partial charge is 0.323 e. The first-order valence-electron chi connectivity index (χ1n) is 7.87. The van der Waals surface area contributed by atoms with Crippen LogP contribution in [0.5, 0.6) is 0 Å². The molecule has 1 aromatic heterocycles. The molecule has 0 fully saturated rings. The van der Waals surface area contributed by atoms with Gasteiger partial charge in [0, 0.05) is 7.05 Å². The number of nitrogens with zero attached hydrogens (tertiary/aromatic N) is 4. The molecule has 0 radical (unpaired) electrons. The molecule has 1 amide bonds. The average Bonchev–Trinajstić information content (AvgIpc) is 3.06. The van der Waals surface area contributed by atoms with Crippen LogP contribution < -0.4 is 5.32 Å². The number of alkyl halides is 3. The first-order valence-corrected chi connectivity index (χ1v) is 9.13. The van der Waals surface area contributed by atoms with Crippen molar-refractivity contribution in [3.8, 4) is 0 Å². The Bertz CT molecular complexity index is 980. The Balaban J connectivity index is 1.91. The Morgan fingerprint density at radius 2 is 1.93 bits per heavy atom. The molecular weight excluding hydrogens is 415 g/mol. The maximum absolute atomic E-state index is 13.0. The summed E-state index contributed by atoms with van der Waals surface area (Å²) in [5, 5.41) is 13.1. The van der Waals surface area contributed by atoms with Gasteiger partial charge in [-0.15, -0.1) is 5.10 Å². The largest absolute Gasteiger partial charge is 0.416 e. The lowest BCUT2D eigenvalue weighted by Gasteiger charge is -2.17. The number of amides is 1. The molecule has 0 spiro atoms. The van der Waals surface area contributed by atoms with Gasteiger partial charge in [-0.1, -0.05) is 53.7 Å². The third-order valence-electron chi connectivity index (χ3n) is 3.70. The van der Waals surface area contributed by atoms with E-state index in [0.717, 1.165) is 30.0 Å². The van der Waals surface area contributed by atoms with Crippen LogP contribution >= 0.6 is 23.4 Å². The Morgan fingerprint density at radius 1 is 1.21 bits per heavy atom. The van der Waals surface area contributed by atoms with Crippen molar-refractivity contribution >= 4 is 35.0 Å². The first kappa shape index (κ1) is 20.2. The van der Waals surface area contributed by atoms with E-state index in [1.165, 1.54) is 4.68 Å². The van der Waals surface area contributed by atoms with E-state index in [1.807, 2.05) is 0 Å². The van der Waals surface area contributed by atoms with E-state index in [-0.39, 0.29) is 10.7 Å². The number of carbonyl (C=O) groups excluding carboxylic acids is 1. The summed E-state index contributed by atoms with van der Waals surface area (Å²) in [4.78, 5) is 12.9. The predicted octanol–water partition coefficient (Wildman–Crippen LogP) is 4.35. The number of hydrogen-bond acceptors (Lipinski definition) is 5. The summed E-state index contributed by atoms with van der Waals surface area (Å²) < 4.78 is 40.3. The summed E-state index contributed by atoms with van der Waals surface area (Å²) >= 11 is 7.05. The minimum Gasteiger partial charge on any atom is -0.323 e. The van der Waals surface area contributed by atoms with Crippen LogP contribution in [0.15, 0.2) is 53.7 Å². The van der Waals surface area contributed by atoms with E-state index in [4.69, 9.17) is 11.6 Å². The molecule has 146 valence electrons. The van der Waals surface area contributed by atoms with Crippen LogP contribution in [0.4, 0.5) is 18.9 Å². The van der Waals surface area contributed by atoms with Gasteiger partial charge in [0.15, 0.2) is 0 Å². The van der Waals surface area contributed by atoms with Crippen molar-refractivity contribution in [2.24, 2.45) is 7.05 Å². The number of hydrogen-bond donors (Lipinski definition) is 1. The maximum atomic E-state index is 13.0. The molecule has 0 aliphatic rings. The number of rotatable bonds is 5. The van der Waals surface area contributed by atoms with Crippen molar-refractivity contribution in [2.75, 3.05) is 5.32 Å². The van der Waals surface area contributed by atoms with Crippen LogP contribution in [0.3, 0.4) is 0 Å². The SMILES string of the molecule is Cn1nnnc1SC(C(=O)Nc1cc(C(F)(F)F)ccc1Cl)c1ccccc1. The van der Waals surface area contributed by atoms with Crippen molar-refractivity contribution < 1.29 is 18.0 Å². The molecule has 11 heteroatoms. The van der Waals surface area contributed by atoms with Crippen molar-refractivity contribution in [3.05, 3.63) is 64.7 Å². The molecule has 6 nitrogen and oxygen atoms in total. The lowest BCUT2D eigenvalue weighted by atomic mass is 10.1. The van der Waals surface area contributed by atoms with E-state index >= 15 is 0 Å². The summed E-state index contributed by atoms with van der Waals surface area (Å²) in [6.45, 7) is 0. The number of benzene rings is 2. The van der Waals surface area contributed by atoms with Gasteiger partial charge in [-0.3, -0.25) is 4.79 Å². The summed E-state index contributed by atoms with van der Waals surface area (Å²) in [5.74, 6) is -0.555. The van der Waals surface area contributed by atoms with Crippen molar-refractivity contribution in [2.45, 2.75) is 16.6 Å². The number of aromatic nitrogens is 4. The van der Waals surface area contributed by atoms with E-state index in [9.17, 15) is 18.0 Å². The maximum Gasteiger partial charge on any atom is 0.416 e. The van der Waals surface area contributed by atoms with Gasteiger partial charge in [-0.25, -0.2) is 4.68 Å². The van der Waals surface area contributed by atoms with E-state index in [2.05, 4.69) is 20.8 Å². The number of thioether (sulfide) groups is 1. The van der Waals surface area contributed by atoms with Crippen LogP contribution in [-0.4, -0.2) is 26.1 Å². The highest BCUT2D eigenvalue weighted by Crippen LogP contribution is 2.37. The van der Waals surface area contributed by atoms with Crippen LogP contribution in [0, 0.1) is 0 Å². The minimum absolute atomic E-state index is 0.00140. The number of nitrogens with one attached hydrogen (secondary N) is 1. The molecule has 3 aromatic rings. The van der Waals surface area contributed by atoms with Gasteiger partial charge in [0.05, 0.1) is 16.3 Å². The fourth-order valence-electron chi connectivity index (χ4n) is 2.32. The average molecular weight is 428 g/mol. The second-order valence-corrected chi connectivity index (χ2v) is 7.15. The molecule has 0 bridgehead atoms. The Kier molecular flexibility index (Phi) is 5.90. The van der Waals surface area contributed by atoms with E-state index in [0.29, 0.717) is 10.7 Å². The number of halogens is 4. The molecule has 0 saturated heterocycles. The molecule has 0 saturated carbocycles. The third kappa shape index (κ3) is 4.63. The molecule has 1 heterocycles.